The van der Waals surface area contributed by atoms with Crippen molar-refractivity contribution in [2.45, 2.75) is 0 Å². The first-order valence-corrected chi connectivity index (χ1v) is 21.6. The number of hydrogen-bond acceptors (Lipinski definition) is 4. The van der Waals surface area contributed by atoms with Crippen molar-refractivity contribution in [2.75, 3.05) is 0 Å². The Morgan fingerprint density at radius 2 is 0.562 bits per heavy atom. The lowest BCUT2D eigenvalue weighted by atomic mass is 10.0. The molecule has 0 saturated heterocycles. The monoisotopic (exact) mass is 816 g/mol. The Hall–Kier alpha value is -8.74. The van der Waals surface area contributed by atoms with Crippen molar-refractivity contribution in [3.05, 3.63) is 218 Å². The lowest BCUT2D eigenvalue weighted by Crippen LogP contribution is -2.04. The number of benzene rings is 9. The first-order valence-electron chi connectivity index (χ1n) is 21.6. The van der Waals surface area contributed by atoms with Crippen molar-refractivity contribution in [3.8, 4) is 56.7 Å². The maximum Gasteiger partial charge on any atom is 0.235 e. The van der Waals surface area contributed by atoms with Gasteiger partial charge in [-0.3, -0.25) is 9.13 Å². The van der Waals surface area contributed by atoms with Crippen LogP contribution in [0.4, 0.5) is 0 Å². The molecule has 0 saturated carbocycles. The predicted octanol–water partition coefficient (Wildman–Crippen LogP) is 14.4. The summed E-state index contributed by atoms with van der Waals surface area (Å²) >= 11 is 0. The molecule has 4 aromatic heterocycles. The average molecular weight is 817 g/mol. The molecule has 9 aromatic carbocycles. The van der Waals surface area contributed by atoms with Crippen molar-refractivity contribution < 1.29 is 0 Å². The molecule has 6 heteroatoms. The second-order valence-electron chi connectivity index (χ2n) is 16.2. The van der Waals surface area contributed by atoms with Gasteiger partial charge in [-0.25, -0.2) is 19.9 Å². The fraction of sp³-hybridized carbons (Fsp3) is 0. The summed E-state index contributed by atoms with van der Waals surface area (Å²) in [6.45, 7) is 0. The van der Waals surface area contributed by atoms with Crippen LogP contribution in [0.3, 0.4) is 0 Å². The molecule has 298 valence electrons. The summed E-state index contributed by atoms with van der Waals surface area (Å²) in [7, 11) is 0. The fourth-order valence-corrected chi connectivity index (χ4v) is 9.62. The average Bonchev–Trinajstić information content (AvgIpc) is 3.89. The maximum atomic E-state index is 5.43. The van der Waals surface area contributed by atoms with Crippen LogP contribution in [0.15, 0.2) is 218 Å². The Bertz CT molecular complexity index is 3670. The molecule has 13 aromatic rings. The third kappa shape index (κ3) is 5.66. The second kappa shape index (κ2) is 14.4. The Morgan fingerprint density at radius 1 is 0.234 bits per heavy atom. The Kier molecular flexibility index (Phi) is 8.11. The molecule has 0 spiro atoms. The minimum Gasteiger partial charge on any atom is -0.278 e. The summed E-state index contributed by atoms with van der Waals surface area (Å²) in [6.07, 6.45) is 0. The lowest BCUT2D eigenvalue weighted by molar-refractivity contribution is 1.01. The molecular weight excluding hydrogens is 781 g/mol. The van der Waals surface area contributed by atoms with Gasteiger partial charge in [0.25, 0.3) is 0 Å². The maximum absolute atomic E-state index is 5.43. The third-order valence-corrected chi connectivity index (χ3v) is 12.6. The lowest BCUT2D eigenvalue weighted by Gasteiger charge is -2.13. The van der Waals surface area contributed by atoms with E-state index in [2.05, 4.69) is 203 Å². The number of rotatable bonds is 6. The van der Waals surface area contributed by atoms with E-state index < -0.39 is 0 Å². The van der Waals surface area contributed by atoms with E-state index in [1.165, 1.54) is 11.1 Å². The highest BCUT2D eigenvalue weighted by atomic mass is 15.2. The standard InChI is InChI=1S/C58H36N6/c1-3-15-37(16-4-1)39-27-31-41(32-28-39)55-43-19-7-11-23-47(43)59-57(61-55)63-49-25-13-9-21-45(49)53-51(63)35-36-52-54(53)46-22-10-14-26-50(46)64(52)58-60-48-24-12-8-20-44(48)56(62-58)42-33-29-40(30-34-42)38-17-5-2-6-18-38/h1-36H. The van der Waals surface area contributed by atoms with Crippen molar-refractivity contribution in [2.24, 2.45) is 0 Å². The molecule has 0 atom stereocenters. The van der Waals surface area contributed by atoms with E-state index in [4.69, 9.17) is 19.9 Å². The van der Waals surface area contributed by atoms with Crippen LogP contribution in [0.5, 0.6) is 0 Å². The summed E-state index contributed by atoms with van der Waals surface area (Å²) in [6, 6.07) is 76.6. The number of nitrogens with zero attached hydrogens (tertiary/aromatic N) is 6. The van der Waals surface area contributed by atoms with E-state index in [9.17, 15) is 0 Å². The van der Waals surface area contributed by atoms with Gasteiger partial charge >= 0.3 is 0 Å². The molecule has 6 nitrogen and oxygen atoms in total. The van der Waals surface area contributed by atoms with Crippen LogP contribution in [0.1, 0.15) is 0 Å². The van der Waals surface area contributed by atoms with Crippen LogP contribution in [-0.2, 0) is 0 Å². The van der Waals surface area contributed by atoms with E-state index in [1.807, 2.05) is 24.3 Å². The highest BCUT2D eigenvalue weighted by molar-refractivity contribution is 6.28. The largest absolute Gasteiger partial charge is 0.278 e. The van der Waals surface area contributed by atoms with E-state index in [0.29, 0.717) is 11.9 Å². The van der Waals surface area contributed by atoms with Gasteiger partial charge in [-0.05, 0) is 58.7 Å². The normalized spacial score (nSPS) is 11.8. The van der Waals surface area contributed by atoms with E-state index in [-0.39, 0.29) is 0 Å². The molecule has 64 heavy (non-hydrogen) atoms. The van der Waals surface area contributed by atoms with Crippen LogP contribution in [-0.4, -0.2) is 29.1 Å². The minimum atomic E-state index is 0.621. The quantitative estimate of drug-likeness (QED) is 0.168. The minimum absolute atomic E-state index is 0.621. The molecule has 0 aliphatic rings. The molecule has 0 unspecified atom stereocenters. The zero-order valence-electron chi connectivity index (χ0n) is 34.5. The zero-order chi connectivity index (χ0) is 42.1. The zero-order valence-corrected chi connectivity index (χ0v) is 34.5. The number of fused-ring (bicyclic) bond motifs is 9. The van der Waals surface area contributed by atoms with Crippen LogP contribution in [0.25, 0.3) is 122 Å². The summed E-state index contributed by atoms with van der Waals surface area (Å²) < 4.78 is 4.46. The topological polar surface area (TPSA) is 61.4 Å². The van der Waals surface area contributed by atoms with Gasteiger partial charge in [0.15, 0.2) is 0 Å². The van der Waals surface area contributed by atoms with Gasteiger partial charge in [-0.15, -0.1) is 0 Å². The van der Waals surface area contributed by atoms with Crippen molar-refractivity contribution in [1.82, 2.24) is 29.1 Å². The Balaban J connectivity index is 1.03. The summed E-state index contributed by atoms with van der Waals surface area (Å²) in [5, 5.41) is 6.51. The van der Waals surface area contributed by atoms with Gasteiger partial charge in [0.1, 0.15) is 0 Å². The molecule has 0 aliphatic carbocycles. The summed E-state index contributed by atoms with van der Waals surface area (Å²) in [4.78, 5) is 21.4. The van der Waals surface area contributed by atoms with E-state index in [0.717, 1.165) is 99.1 Å². The van der Waals surface area contributed by atoms with Crippen molar-refractivity contribution in [3.63, 3.8) is 0 Å². The first kappa shape index (κ1) is 36.0. The Morgan fingerprint density at radius 3 is 0.984 bits per heavy atom. The second-order valence-corrected chi connectivity index (χ2v) is 16.2. The van der Waals surface area contributed by atoms with Gasteiger partial charge in [0.05, 0.1) is 44.5 Å². The first-order chi connectivity index (χ1) is 31.7. The van der Waals surface area contributed by atoms with E-state index in [1.54, 1.807) is 0 Å². The van der Waals surface area contributed by atoms with Crippen LogP contribution >= 0.6 is 0 Å². The van der Waals surface area contributed by atoms with Gasteiger partial charge in [0, 0.05) is 43.4 Å². The predicted molar refractivity (Wildman–Crippen MR) is 263 cm³/mol. The fourth-order valence-electron chi connectivity index (χ4n) is 9.62. The number of para-hydroxylation sites is 4. The van der Waals surface area contributed by atoms with Gasteiger partial charge in [-0.2, -0.15) is 0 Å². The molecule has 4 heterocycles. The molecule has 0 bridgehead atoms. The molecule has 0 fully saturated rings. The summed E-state index contributed by atoms with van der Waals surface area (Å²) in [5.41, 5.74) is 14.4. The molecule has 0 amide bonds. The molecule has 0 N–H and O–H groups in total. The van der Waals surface area contributed by atoms with Crippen LogP contribution in [0, 0.1) is 0 Å². The number of hydrogen-bond donors (Lipinski definition) is 0. The number of aromatic nitrogens is 6. The van der Waals surface area contributed by atoms with Crippen LogP contribution in [0.2, 0.25) is 0 Å². The SMILES string of the molecule is c1ccc(-c2ccc(-c3nc(-n4c5ccccc5c5c6c7ccccc7n(-c7nc(-c8ccc(-c9ccccc9)cc8)c8ccccc8n7)c6ccc54)nc4ccccc34)cc2)cc1. The molecular formula is C58H36N6. The van der Waals surface area contributed by atoms with Crippen molar-refractivity contribution in [1.29, 1.82) is 0 Å². The van der Waals surface area contributed by atoms with Crippen LogP contribution < -0.4 is 0 Å². The van der Waals surface area contributed by atoms with Gasteiger partial charge in [0.2, 0.25) is 11.9 Å². The third-order valence-electron chi connectivity index (χ3n) is 12.6. The van der Waals surface area contributed by atoms with E-state index >= 15 is 0 Å². The highest BCUT2D eigenvalue weighted by Crippen LogP contribution is 2.43. The Labute approximate surface area is 368 Å². The highest BCUT2D eigenvalue weighted by Gasteiger charge is 2.24. The van der Waals surface area contributed by atoms with Gasteiger partial charge in [-0.1, -0.05) is 182 Å². The molecule has 0 radical (unpaired) electrons. The molecule has 13 rings (SSSR count). The smallest absolute Gasteiger partial charge is 0.235 e. The van der Waals surface area contributed by atoms with Crippen molar-refractivity contribution >= 4 is 65.4 Å². The summed E-state index contributed by atoms with van der Waals surface area (Å²) in [5.74, 6) is 1.24. The molecule has 0 aliphatic heterocycles. The van der Waals surface area contributed by atoms with Gasteiger partial charge < -0.3 is 0 Å².